The summed E-state index contributed by atoms with van der Waals surface area (Å²) in [5.74, 6) is -1.15. The Balaban J connectivity index is 2.83. The molecule has 1 aromatic carbocycles. The van der Waals surface area contributed by atoms with Gasteiger partial charge in [-0.15, -0.1) is 0 Å². The molecule has 0 aliphatic carbocycles. The van der Waals surface area contributed by atoms with Crippen molar-refractivity contribution in [3.05, 3.63) is 35.9 Å². The van der Waals surface area contributed by atoms with E-state index in [2.05, 4.69) is 8.92 Å². The van der Waals surface area contributed by atoms with E-state index in [0.29, 0.717) is 0 Å². The first-order valence-corrected chi connectivity index (χ1v) is 7.78. The van der Waals surface area contributed by atoms with Gasteiger partial charge in [0.05, 0.1) is 6.61 Å². The van der Waals surface area contributed by atoms with Gasteiger partial charge >= 0.3 is 21.6 Å². The second kappa shape index (κ2) is 7.59. The summed E-state index contributed by atoms with van der Waals surface area (Å²) in [4.78, 5) is 11.6. The van der Waals surface area contributed by atoms with Gasteiger partial charge in [-0.2, -0.15) is 21.6 Å². The lowest BCUT2D eigenvalue weighted by Crippen LogP contribution is -2.35. The number of carbonyl (C=O) groups is 1. The summed E-state index contributed by atoms with van der Waals surface area (Å²) in [7, 11) is -5.87. The Hall–Kier alpha value is -1.61. The largest absolute Gasteiger partial charge is 0.523 e. The second-order valence-electron chi connectivity index (χ2n) is 4.26. The Morgan fingerprint density at radius 1 is 1.23 bits per heavy atom. The van der Waals surface area contributed by atoms with Crippen LogP contribution >= 0.6 is 0 Å². The van der Waals surface area contributed by atoms with Crippen molar-refractivity contribution < 1.29 is 35.3 Å². The van der Waals surface area contributed by atoms with E-state index in [4.69, 9.17) is 0 Å². The minimum atomic E-state index is -5.87. The normalized spacial score (nSPS) is 13.6. The molecule has 0 bridgehead atoms. The molecule has 0 radical (unpaired) electrons. The van der Waals surface area contributed by atoms with Crippen LogP contribution in [0.5, 0.6) is 0 Å². The molecule has 0 saturated heterocycles. The molecule has 0 saturated carbocycles. The summed E-state index contributed by atoms with van der Waals surface area (Å²) in [6, 6.07) is 8.56. The van der Waals surface area contributed by atoms with Crippen molar-refractivity contribution in [1.82, 2.24) is 0 Å². The highest BCUT2D eigenvalue weighted by molar-refractivity contribution is 7.87. The number of alkyl halides is 3. The van der Waals surface area contributed by atoms with E-state index in [0.717, 1.165) is 5.56 Å². The average molecular weight is 340 g/mol. The number of halogens is 3. The molecule has 1 aromatic rings. The van der Waals surface area contributed by atoms with E-state index in [1.165, 1.54) is 6.92 Å². The highest BCUT2D eigenvalue weighted by atomic mass is 32.2. The van der Waals surface area contributed by atoms with Crippen molar-refractivity contribution in [3.8, 4) is 0 Å². The van der Waals surface area contributed by atoms with Crippen molar-refractivity contribution in [1.29, 1.82) is 0 Å². The zero-order chi connectivity index (χ0) is 16.8. The molecule has 0 spiro atoms. The quantitative estimate of drug-likeness (QED) is 0.433. The summed E-state index contributed by atoms with van der Waals surface area (Å²) in [6.07, 6.45) is -1.93. The predicted octanol–water partition coefficient (Wildman–Crippen LogP) is 2.42. The molecule has 5 nitrogen and oxygen atoms in total. The number of esters is 1. The fraction of sp³-hybridized carbons (Fsp3) is 0.462. The van der Waals surface area contributed by atoms with Gasteiger partial charge in [-0.05, 0) is 25.3 Å². The lowest BCUT2D eigenvalue weighted by molar-refractivity contribution is -0.152. The number of rotatable bonds is 7. The van der Waals surface area contributed by atoms with Gasteiger partial charge in [0.2, 0.25) is 0 Å². The number of carbonyl (C=O) groups excluding carboxylic acids is 1. The molecule has 1 unspecified atom stereocenters. The predicted molar refractivity (Wildman–Crippen MR) is 71.2 cm³/mol. The lowest BCUT2D eigenvalue weighted by Gasteiger charge is -2.17. The molecular weight excluding hydrogens is 325 g/mol. The van der Waals surface area contributed by atoms with Crippen LogP contribution in [0.3, 0.4) is 0 Å². The van der Waals surface area contributed by atoms with E-state index in [1.807, 2.05) is 0 Å². The molecular formula is C13H15F3O5S. The Morgan fingerprint density at radius 3 is 2.32 bits per heavy atom. The Bertz CT molecular complexity index is 583. The van der Waals surface area contributed by atoms with E-state index in [-0.39, 0.29) is 19.4 Å². The van der Waals surface area contributed by atoms with Crippen molar-refractivity contribution >= 4 is 16.1 Å². The Kier molecular flexibility index (Phi) is 6.36. The highest BCUT2D eigenvalue weighted by Gasteiger charge is 2.49. The first-order valence-electron chi connectivity index (χ1n) is 6.37. The van der Waals surface area contributed by atoms with Crippen LogP contribution in [0.1, 0.15) is 18.9 Å². The highest BCUT2D eigenvalue weighted by Crippen LogP contribution is 2.27. The third-order valence-corrected chi connectivity index (χ3v) is 3.67. The molecule has 0 fully saturated rings. The first-order chi connectivity index (χ1) is 10.2. The molecule has 0 aliphatic rings. The Morgan fingerprint density at radius 2 is 1.82 bits per heavy atom. The van der Waals surface area contributed by atoms with Crippen LogP contribution in [0.15, 0.2) is 30.3 Å². The zero-order valence-corrected chi connectivity index (χ0v) is 12.5. The maximum atomic E-state index is 12.3. The molecule has 124 valence electrons. The standard InChI is InChI=1S/C13H15F3O5S/c1-2-20-12(17)11(21-22(18,19)13(14,15)16)9-8-10-6-4-3-5-7-10/h3-7,11H,2,8-9H2,1H3. The van der Waals surface area contributed by atoms with Gasteiger partial charge in [0, 0.05) is 0 Å². The third-order valence-electron chi connectivity index (χ3n) is 2.61. The fourth-order valence-corrected chi connectivity index (χ4v) is 2.18. The van der Waals surface area contributed by atoms with Crippen LogP contribution < -0.4 is 0 Å². The smallest absolute Gasteiger partial charge is 0.464 e. The number of hydrogen-bond donors (Lipinski definition) is 0. The monoisotopic (exact) mass is 340 g/mol. The van der Waals surface area contributed by atoms with Crippen molar-refractivity contribution in [2.45, 2.75) is 31.4 Å². The van der Waals surface area contributed by atoms with Crippen LogP contribution in [-0.4, -0.2) is 32.6 Å². The summed E-state index contributed by atoms with van der Waals surface area (Å²) in [5, 5.41) is 0. The van der Waals surface area contributed by atoms with E-state index in [9.17, 15) is 26.4 Å². The van der Waals surface area contributed by atoms with Gasteiger partial charge in [0.25, 0.3) is 0 Å². The number of ether oxygens (including phenoxy) is 1. The molecule has 22 heavy (non-hydrogen) atoms. The van der Waals surface area contributed by atoms with Crippen LogP contribution in [0, 0.1) is 0 Å². The summed E-state index contributed by atoms with van der Waals surface area (Å²) in [5.41, 5.74) is -4.87. The van der Waals surface area contributed by atoms with E-state index >= 15 is 0 Å². The maximum absolute atomic E-state index is 12.3. The molecule has 0 heterocycles. The van der Waals surface area contributed by atoms with Crippen molar-refractivity contribution in [3.63, 3.8) is 0 Å². The van der Waals surface area contributed by atoms with Gasteiger partial charge in [-0.1, -0.05) is 30.3 Å². The molecule has 1 rings (SSSR count). The summed E-state index contributed by atoms with van der Waals surface area (Å²) >= 11 is 0. The minimum Gasteiger partial charge on any atom is -0.464 e. The fourth-order valence-electron chi connectivity index (χ4n) is 1.59. The second-order valence-corrected chi connectivity index (χ2v) is 5.82. The van der Waals surface area contributed by atoms with Gasteiger partial charge in [-0.3, -0.25) is 0 Å². The van der Waals surface area contributed by atoms with Crippen LogP contribution in [0.4, 0.5) is 13.2 Å². The molecule has 0 aromatic heterocycles. The minimum absolute atomic E-state index is 0.101. The third kappa shape index (κ3) is 5.30. The Labute approximate surface area is 126 Å². The molecule has 1 atom stereocenters. The molecule has 0 amide bonds. The molecule has 9 heteroatoms. The topological polar surface area (TPSA) is 69.7 Å². The van der Waals surface area contributed by atoms with Crippen molar-refractivity contribution in [2.75, 3.05) is 6.61 Å². The zero-order valence-electron chi connectivity index (χ0n) is 11.7. The first kappa shape index (κ1) is 18.4. The van der Waals surface area contributed by atoms with Gasteiger partial charge in [0.1, 0.15) is 0 Å². The number of hydrogen-bond acceptors (Lipinski definition) is 5. The number of benzene rings is 1. The lowest BCUT2D eigenvalue weighted by atomic mass is 10.1. The van der Waals surface area contributed by atoms with Crippen molar-refractivity contribution in [2.24, 2.45) is 0 Å². The SMILES string of the molecule is CCOC(=O)C(CCc1ccccc1)OS(=O)(=O)C(F)(F)F. The van der Waals surface area contributed by atoms with Gasteiger partial charge in [0.15, 0.2) is 6.10 Å². The summed E-state index contributed by atoms with van der Waals surface area (Å²) < 4.78 is 67.6. The van der Waals surface area contributed by atoms with Crippen LogP contribution in [0.2, 0.25) is 0 Å². The van der Waals surface area contributed by atoms with Crippen LogP contribution in [0.25, 0.3) is 0 Å². The maximum Gasteiger partial charge on any atom is 0.523 e. The molecule has 0 aliphatic heterocycles. The van der Waals surface area contributed by atoms with Crippen LogP contribution in [-0.2, 0) is 30.3 Å². The van der Waals surface area contributed by atoms with E-state index in [1.54, 1.807) is 30.3 Å². The van der Waals surface area contributed by atoms with Gasteiger partial charge in [-0.25, -0.2) is 8.98 Å². The van der Waals surface area contributed by atoms with E-state index < -0.39 is 27.7 Å². The van der Waals surface area contributed by atoms with Gasteiger partial charge < -0.3 is 4.74 Å². The molecule has 0 N–H and O–H groups in total. The summed E-state index contributed by atoms with van der Waals surface area (Å²) in [6.45, 7) is 1.35. The average Bonchev–Trinajstić information content (AvgIpc) is 2.43. The number of aryl methyl sites for hydroxylation is 1.